The maximum atomic E-state index is 6.05. The predicted molar refractivity (Wildman–Crippen MR) is 189 cm³/mol. The van der Waals surface area contributed by atoms with E-state index in [1.165, 1.54) is 38.9 Å². The fourth-order valence-corrected chi connectivity index (χ4v) is 6.14. The van der Waals surface area contributed by atoms with E-state index in [4.69, 9.17) is 4.42 Å². The van der Waals surface area contributed by atoms with E-state index in [-0.39, 0.29) is 0 Å². The molecule has 0 saturated carbocycles. The van der Waals surface area contributed by atoms with Gasteiger partial charge in [0.05, 0.1) is 0 Å². The van der Waals surface area contributed by atoms with Gasteiger partial charge in [-0.05, 0) is 94.9 Å². The van der Waals surface area contributed by atoms with Crippen LogP contribution in [0.3, 0.4) is 0 Å². The SMILES string of the molecule is Cc1ccc(N(c2ccc(-c3ccc(-c4ccccc4)cc3)cc2)c2ccc(-c3ccc4oc5ccccc5c4c3)cc2)cc1. The van der Waals surface area contributed by atoms with Gasteiger partial charge in [0, 0.05) is 27.8 Å². The van der Waals surface area contributed by atoms with Gasteiger partial charge in [-0.3, -0.25) is 0 Å². The predicted octanol–water partition coefficient (Wildman–Crippen LogP) is 12.4. The molecule has 2 nitrogen and oxygen atoms in total. The molecular weight excluding hydrogens is 546 g/mol. The standard InChI is InChI=1S/C43H31NO/c1-30-11-22-37(23-12-30)44(38-24-17-34(18-25-38)33-15-13-32(14-16-33)31-7-3-2-4-8-31)39-26-19-35(20-27-39)36-21-28-43-41(29-36)40-9-5-6-10-42(40)45-43/h2-29H,1H3. The summed E-state index contributed by atoms with van der Waals surface area (Å²) in [5, 5.41) is 2.29. The van der Waals surface area contributed by atoms with Crippen LogP contribution in [0.4, 0.5) is 17.1 Å². The molecule has 0 saturated heterocycles. The summed E-state index contributed by atoms with van der Waals surface area (Å²) in [5.41, 5.74) is 13.6. The summed E-state index contributed by atoms with van der Waals surface area (Å²) in [6.45, 7) is 2.13. The number of para-hydroxylation sites is 1. The van der Waals surface area contributed by atoms with Gasteiger partial charge in [-0.1, -0.05) is 121 Å². The Kier molecular flexibility index (Phi) is 6.73. The van der Waals surface area contributed by atoms with Crippen LogP contribution in [0.15, 0.2) is 174 Å². The molecule has 0 bridgehead atoms. The van der Waals surface area contributed by atoms with Crippen molar-refractivity contribution in [3.8, 4) is 33.4 Å². The van der Waals surface area contributed by atoms with Crippen molar-refractivity contribution in [1.82, 2.24) is 0 Å². The highest BCUT2D eigenvalue weighted by Crippen LogP contribution is 2.38. The molecule has 1 aromatic heterocycles. The zero-order chi connectivity index (χ0) is 30.2. The van der Waals surface area contributed by atoms with Gasteiger partial charge in [-0.25, -0.2) is 0 Å². The lowest BCUT2D eigenvalue weighted by atomic mass is 10.00. The first kappa shape index (κ1) is 26.7. The van der Waals surface area contributed by atoms with E-state index in [0.29, 0.717) is 0 Å². The second-order valence-electron chi connectivity index (χ2n) is 11.5. The maximum Gasteiger partial charge on any atom is 0.135 e. The quantitative estimate of drug-likeness (QED) is 0.195. The van der Waals surface area contributed by atoms with Crippen LogP contribution in [0.1, 0.15) is 5.56 Å². The lowest BCUT2D eigenvalue weighted by Gasteiger charge is -2.26. The van der Waals surface area contributed by atoms with Crippen molar-refractivity contribution in [2.45, 2.75) is 6.92 Å². The van der Waals surface area contributed by atoms with Crippen molar-refractivity contribution in [2.75, 3.05) is 4.90 Å². The summed E-state index contributed by atoms with van der Waals surface area (Å²) in [6, 6.07) is 60.4. The van der Waals surface area contributed by atoms with Gasteiger partial charge in [-0.2, -0.15) is 0 Å². The first-order valence-electron chi connectivity index (χ1n) is 15.3. The van der Waals surface area contributed by atoms with Crippen molar-refractivity contribution >= 4 is 39.0 Å². The van der Waals surface area contributed by atoms with E-state index in [1.54, 1.807) is 0 Å². The Hall–Kier alpha value is -5.86. The number of rotatable bonds is 6. The summed E-state index contributed by atoms with van der Waals surface area (Å²) >= 11 is 0. The summed E-state index contributed by atoms with van der Waals surface area (Å²) in [7, 11) is 0. The zero-order valence-corrected chi connectivity index (χ0v) is 25.0. The minimum Gasteiger partial charge on any atom is -0.456 e. The van der Waals surface area contributed by atoms with Crippen molar-refractivity contribution in [3.05, 3.63) is 175 Å². The number of nitrogens with zero attached hydrogens (tertiary/aromatic N) is 1. The van der Waals surface area contributed by atoms with Gasteiger partial charge in [0.1, 0.15) is 11.2 Å². The second-order valence-corrected chi connectivity index (χ2v) is 11.5. The van der Waals surface area contributed by atoms with Crippen LogP contribution in [0.25, 0.3) is 55.3 Å². The van der Waals surface area contributed by atoms with Crippen LogP contribution < -0.4 is 4.90 Å². The number of hydrogen-bond donors (Lipinski definition) is 0. The highest BCUT2D eigenvalue weighted by atomic mass is 16.3. The average molecular weight is 578 g/mol. The molecule has 8 aromatic rings. The van der Waals surface area contributed by atoms with Crippen molar-refractivity contribution in [2.24, 2.45) is 0 Å². The summed E-state index contributed by atoms with van der Waals surface area (Å²) in [4.78, 5) is 2.32. The van der Waals surface area contributed by atoms with Crippen LogP contribution in [0.5, 0.6) is 0 Å². The van der Waals surface area contributed by atoms with Crippen LogP contribution in [0, 0.1) is 6.92 Å². The Bertz CT molecular complexity index is 2230. The summed E-state index contributed by atoms with van der Waals surface area (Å²) < 4.78 is 6.05. The third-order valence-electron chi connectivity index (χ3n) is 8.58. The van der Waals surface area contributed by atoms with Gasteiger partial charge in [0.2, 0.25) is 0 Å². The molecule has 0 amide bonds. The molecule has 1 heterocycles. The van der Waals surface area contributed by atoms with Gasteiger partial charge in [-0.15, -0.1) is 0 Å². The molecular formula is C43H31NO. The zero-order valence-electron chi connectivity index (χ0n) is 25.0. The van der Waals surface area contributed by atoms with Crippen LogP contribution in [-0.4, -0.2) is 0 Å². The summed E-state index contributed by atoms with van der Waals surface area (Å²) in [5.74, 6) is 0. The van der Waals surface area contributed by atoms with Gasteiger partial charge in [0.15, 0.2) is 0 Å². The first-order chi connectivity index (χ1) is 22.2. The molecule has 0 aliphatic carbocycles. The highest BCUT2D eigenvalue weighted by molar-refractivity contribution is 6.06. The van der Waals surface area contributed by atoms with E-state index in [1.807, 2.05) is 12.1 Å². The topological polar surface area (TPSA) is 16.4 Å². The average Bonchev–Trinajstić information content (AvgIpc) is 3.48. The normalized spacial score (nSPS) is 11.2. The fourth-order valence-electron chi connectivity index (χ4n) is 6.14. The number of furan rings is 1. The molecule has 7 aromatic carbocycles. The van der Waals surface area contributed by atoms with Crippen molar-refractivity contribution in [1.29, 1.82) is 0 Å². The van der Waals surface area contributed by atoms with E-state index < -0.39 is 0 Å². The number of anilines is 3. The maximum absolute atomic E-state index is 6.05. The number of hydrogen-bond acceptors (Lipinski definition) is 2. The van der Waals surface area contributed by atoms with Gasteiger partial charge in [0.25, 0.3) is 0 Å². The van der Waals surface area contributed by atoms with Crippen molar-refractivity contribution in [3.63, 3.8) is 0 Å². The molecule has 2 heteroatoms. The van der Waals surface area contributed by atoms with Gasteiger partial charge < -0.3 is 9.32 Å². The Morgan fingerprint density at radius 2 is 0.778 bits per heavy atom. The molecule has 0 spiro atoms. The van der Waals surface area contributed by atoms with E-state index in [9.17, 15) is 0 Å². The minimum atomic E-state index is 0.915. The smallest absolute Gasteiger partial charge is 0.135 e. The molecule has 45 heavy (non-hydrogen) atoms. The Balaban J connectivity index is 1.11. The molecule has 0 radical (unpaired) electrons. The lowest BCUT2D eigenvalue weighted by molar-refractivity contribution is 0.669. The van der Waals surface area contributed by atoms with E-state index >= 15 is 0 Å². The molecule has 0 atom stereocenters. The molecule has 8 rings (SSSR count). The Morgan fingerprint density at radius 3 is 1.38 bits per heavy atom. The number of benzene rings is 7. The van der Waals surface area contributed by atoms with Crippen LogP contribution >= 0.6 is 0 Å². The number of fused-ring (bicyclic) bond motifs is 3. The minimum absolute atomic E-state index is 0.915. The van der Waals surface area contributed by atoms with Crippen molar-refractivity contribution < 1.29 is 4.42 Å². The van der Waals surface area contributed by atoms with Crippen LogP contribution in [0.2, 0.25) is 0 Å². The highest BCUT2D eigenvalue weighted by Gasteiger charge is 2.14. The lowest BCUT2D eigenvalue weighted by Crippen LogP contribution is -2.09. The van der Waals surface area contributed by atoms with Crippen LogP contribution in [-0.2, 0) is 0 Å². The Labute approximate surface area is 263 Å². The van der Waals surface area contributed by atoms with E-state index in [0.717, 1.165) is 39.0 Å². The Morgan fingerprint density at radius 1 is 0.356 bits per heavy atom. The molecule has 214 valence electrons. The molecule has 0 aliphatic heterocycles. The largest absolute Gasteiger partial charge is 0.456 e. The molecule has 0 fully saturated rings. The first-order valence-corrected chi connectivity index (χ1v) is 15.3. The second kappa shape index (κ2) is 11.3. The third kappa shape index (κ3) is 5.17. The molecule has 0 N–H and O–H groups in total. The monoisotopic (exact) mass is 577 g/mol. The third-order valence-corrected chi connectivity index (χ3v) is 8.58. The molecule has 0 unspecified atom stereocenters. The number of aryl methyl sites for hydroxylation is 1. The van der Waals surface area contributed by atoms with E-state index in [2.05, 4.69) is 170 Å². The molecule has 0 aliphatic rings. The fraction of sp³-hybridized carbons (Fsp3) is 0.0233. The summed E-state index contributed by atoms with van der Waals surface area (Å²) in [6.07, 6.45) is 0. The van der Waals surface area contributed by atoms with Gasteiger partial charge >= 0.3 is 0 Å².